The van der Waals surface area contributed by atoms with Crippen LogP contribution < -0.4 is 21.7 Å². The number of carbonyl (C=O) groups excluding carboxylic acids is 3. The van der Waals surface area contributed by atoms with Gasteiger partial charge in [-0.1, -0.05) is 34.1 Å². The van der Waals surface area contributed by atoms with Crippen LogP contribution in [0.2, 0.25) is 0 Å². The van der Waals surface area contributed by atoms with Crippen LogP contribution in [0.5, 0.6) is 0 Å². The average molecular weight is 388 g/mol. The van der Waals surface area contributed by atoms with Gasteiger partial charge < -0.3 is 31.9 Å². The van der Waals surface area contributed by atoms with Crippen molar-refractivity contribution in [3.05, 3.63) is 0 Å². The molecule has 10 nitrogen and oxygen atoms in total. The van der Waals surface area contributed by atoms with E-state index in [0.717, 1.165) is 0 Å². The van der Waals surface area contributed by atoms with E-state index in [2.05, 4.69) is 16.0 Å². The number of hydrogen-bond acceptors (Lipinski definition) is 6. The van der Waals surface area contributed by atoms with Crippen LogP contribution in [-0.2, 0) is 19.2 Å². The van der Waals surface area contributed by atoms with Gasteiger partial charge >= 0.3 is 5.97 Å². The van der Waals surface area contributed by atoms with Gasteiger partial charge in [0.25, 0.3) is 0 Å². The third kappa shape index (κ3) is 8.35. The normalized spacial score (nSPS) is 16.6. The highest BCUT2D eigenvalue weighted by molar-refractivity contribution is 5.93. The van der Waals surface area contributed by atoms with Crippen molar-refractivity contribution in [2.75, 3.05) is 6.54 Å². The van der Waals surface area contributed by atoms with Crippen molar-refractivity contribution >= 4 is 23.7 Å². The number of carboxylic acid groups (broad SMARTS) is 1. The summed E-state index contributed by atoms with van der Waals surface area (Å²) >= 11 is 0. The Bertz CT molecular complexity index is 538. The fraction of sp³-hybridized carbons (Fsp3) is 0.765. The standard InChI is InChI=1S/C17H32N4O6/c1-6-9(4)12(18)15(24)21-14(10(5)22)16(25)19-7-11(23)20-13(8(2)3)17(26)27/h8-10,12-14,22H,6-7,18H2,1-5H3,(H,19,25)(H,20,23)(H,21,24)(H,26,27). The monoisotopic (exact) mass is 388 g/mol. The van der Waals surface area contributed by atoms with Crippen LogP contribution >= 0.6 is 0 Å². The summed E-state index contributed by atoms with van der Waals surface area (Å²) in [6.45, 7) is 7.76. The number of aliphatic carboxylic acids is 1. The van der Waals surface area contributed by atoms with Crippen LogP contribution in [0.3, 0.4) is 0 Å². The predicted molar refractivity (Wildman–Crippen MR) is 98.5 cm³/mol. The molecule has 5 unspecified atom stereocenters. The van der Waals surface area contributed by atoms with E-state index >= 15 is 0 Å². The van der Waals surface area contributed by atoms with E-state index in [1.165, 1.54) is 6.92 Å². The maximum Gasteiger partial charge on any atom is 0.326 e. The van der Waals surface area contributed by atoms with E-state index in [1.54, 1.807) is 20.8 Å². The van der Waals surface area contributed by atoms with Crippen molar-refractivity contribution in [1.82, 2.24) is 16.0 Å². The number of aliphatic hydroxyl groups excluding tert-OH is 1. The Balaban J connectivity index is 4.79. The van der Waals surface area contributed by atoms with Crippen LogP contribution in [0.4, 0.5) is 0 Å². The van der Waals surface area contributed by atoms with Crippen molar-refractivity contribution in [2.24, 2.45) is 17.6 Å². The zero-order valence-corrected chi connectivity index (χ0v) is 16.5. The first-order valence-electron chi connectivity index (χ1n) is 8.96. The third-order valence-electron chi connectivity index (χ3n) is 4.29. The number of aliphatic hydroxyl groups is 1. The number of amides is 3. The second-order valence-electron chi connectivity index (χ2n) is 6.98. The van der Waals surface area contributed by atoms with Gasteiger partial charge in [0, 0.05) is 0 Å². The first-order valence-corrected chi connectivity index (χ1v) is 8.96. The smallest absolute Gasteiger partial charge is 0.326 e. The predicted octanol–water partition coefficient (Wildman–Crippen LogP) is -1.43. The molecule has 0 radical (unpaired) electrons. The van der Waals surface area contributed by atoms with Crippen molar-refractivity contribution in [3.63, 3.8) is 0 Å². The highest BCUT2D eigenvalue weighted by Gasteiger charge is 2.30. The number of nitrogens with two attached hydrogens (primary N) is 1. The minimum Gasteiger partial charge on any atom is -0.480 e. The zero-order chi connectivity index (χ0) is 21.3. The Hall–Kier alpha value is -2.20. The molecule has 0 spiro atoms. The summed E-state index contributed by atoms with van der Waals surface area (Å²) in [6, 6.07) is -3.22. The molecule has 0 aromatic rings. The lowest BCUT2D eigenvalue weighted by Crippen LogP contribution is -2.58. The average Bonchev–Trinajstić information content (AvgIpc) is 2.59. The summed E-state index contributed by atoms with van der Waals surface area (Å²) in [7, 11) is 0. The van der Waals surface area contributed by atoms with Gasteiger partial charge in [0.05, 0.1) is 18.7 Å². The van der Waals surface area contributed by atoms with Crippen LogP contribution in [-0.4, -0.2) is 64.7 Å². The van der Waals surface area contributed by atoms with Crippen molar-refractivity contribution in [1.29, 1.82) is 0 Å². The second kappa shape index (κ2) is 11.5. The van der Waals surface area contributed by atoms with Crippen molar-refractivity contribution < 1.29 is 29.4 Å². The summed E-state index contributed by atoms with van der Waals surface area (Å²) in [5.74, 6) is -3.69. The van der Waals surface area contributed by atoms with Gasteiger partial charge in [0.15, 0.2) is 0 Å². The molecular weight excluding hydrogens is 356 g/mol. The summed E-state index contributed by atoms with van der Waals surface area (Å²) in [4.78, 5) is 47.3. The molecular formula is C17H32N4O6. The lowest BCUT2D eigenvalue weighted by molar-refractivity contribution is -0.143. The van der Waals surface area contributed by atoms with E-state index in [4.69, 9.17) is 10.8 Å². The molecule has 10 heteroatoms. The van der Waals surface area contributed by atoms with Gasteiger partial charge in [-0.15, -0.1) is 0 Å². The number of carbonyl (C=O) groups is 4. The molecule has 156 valence electrons. The number of nitrogens with one attached hydrogen (secondary N) is 3. The van der Waals surface area contributed by atoms with Crippen LogP contribution in [0.15, 0.2) is 0 Å². The molecule has 0 heterocycles. The van der Waals surface area contributed by atoms with E-state index in [1.807, 2.05) is 6.92 Å². The molecule has 27 heavy (non-hydrogen) atoms. The van der Waals surface area contributed by atoms with E-state index in [-0.39, 0.29) is 11.8 Å². The molecule has 7 N–H and O–H groups in total. The van der Waals surface area contributed by atoms with Crippen molar-refractivity contribution in [2.45, 2.75) is 65.3 Å². The van der Waals surface area contributed by atoms with Gasteiger partial charge in [-0.25, -0.2) is 4.79 Å². The Labute approximate surface area is 159 Å². The Morgan fingerprint density at radius 3 is 1.93 bits per heavy atom. The highest BCUT2D eigenvalue weighted by Crippen LogP contribution is 2.06. The Morgan fingerprint density at radius 1 is 0.963 bits per heavy atom. The molecule has 0 aromatic carbocycles. The minimum absolute atomic E-state index is 0.113. The van der Waals surface area contributed by atoms with E-state index in [9.17, 15) is 24.3 Å². The second-order valence-corrected chi connectivity index (χ2v) is 6.98. The molecule has 0 aliphatic heterocycles. The van der Waals surface area contributed by atoms with Gasteiger partial charge in [-0.2, -0.15) is 0 Å². The summed E-state index contributed by atoms with van der Waals surface area (Å²) in [5.41, 5.74) is 5.81. The molecule has 3 amide bonds. The SMILES string of the molecule is CCC(C)C(N)C(=O)NC(C(=O)NCC(=O)NC(C(=O)O)C(C)C)C(C)O. The van der Waals surface area contributed by atoms with Crippen LogP contribution in [0, 0.1) is 11.8 Å². The van der Waals surface area contributed by atoms with Gasteiger partial charge in [0.1, 0.15) is 12.1 Å². The lowest BCUT2D eigenvalue weighted by atomic mass is 9.99. The van der Waals surface area contributed by atoms with Gasteiger partial charge in [-0.3, -0.25) is 14.4 Å². The maximum atomic E-state index is 12.2. The highest BCUT2D eigenvalue weighted by atomic mass is 16.4. The molecule has 0 saturated carbocycles. The van der Waals surface area contributed by atoms with Gasteiger partial charge in [0.2, 0.25) is 17.7 Å². The summed E-state index contributed by atoms with van der Waals surface area (Å²) < 4.78 is 0. The van der Waals surface area contributed by atoms with Crippen LogP contribution in [0.25, 0.3) is 0 Å². The topological polar surface area (TPSA) is 171 Å². The maximum absolute atomic E-state index is 12.2. The molecule has 0 aliphatic rings. The van der Waals surface area contributed by atoms with E-state index in [0.29, 0.717) is 6.42 Å². The van der Waals surface area contributed by atoms with Crippen LogP contribution in [0.1, 0.15) is 41.0 Å². The fourth-order valence-corrected chi connectivity index (χ4v) is 2.18. The minimum atomic E-state index is -1.29. The Morgan fingerprint density at radius 2 is 1.52 bits per heavy atom. The molecule has 0 aromatic heterocycles. The van der Waals surface area contributed by atoms with E-state index < -0.39 is 54.5 Å². The molecule has 5 atom stereocenters. The lowest BCUT2D eigenvalue weighted by Gasteiger charge is -2.24. The number of carboxylic acids is 1. The summed E-state index contributed by atoms with van der Waals surface area (Å²) in [5, 5.41) is 25.8. The third-order valence-corrected chi connectivity index (χ3v) is 4.29. The molecule has 0 bridgehead atoms. The fourth-order valence-electron chi connectivity index (χ4n) is 2.18. The zero-order valence-electron chi connectivity index (χ0n) is 16.5. The summed E-state index contributed by atoms with van der Waals surface area (Å²) in [6.07, 6.45) is -0.551. The molecule has 0 rings (SSSR count). The molecule has 0 aliphatic carbocycles. The first kappa shape index (κ1) is 24.8. The Kier molecular flexibility index (Phi) is 10.6. The molecule has 0 saturated heterocycles. The number of rotatable bonds is 11. The van der Waals surface area contributed by atoms with Gasteiger partial charge in [-0.05, 0) is 18.8 Å². The largest absolute Gasteiger partial charge is 0.480 e. The van der Waals surface area contributed by atoms with Crippen molar-refractivity contribution in [3.8, 4) is 0 Å². The molecule has 0 fully saturated rings. The first-order chi connectivity index (χ1) is 12.4. The number of hydrogen-bond donors (Lipinski definition) is 6. The quantitative estimate of drug-likeness (QED) is 0.252.